The fraction of sp³-hybridized carbons (Fsp3) is 0.789. The highest BCUT2D eigenvalue weighted by molar-refractivity contribution is 5.90. The number of piperidine rings is 1. The molecule has 1 aromatic rings. The number of aromatic nitrogens is 1. The first-order chi connectivity index (χ1) is 12.0. The van der Waals surface area contributed by atoms with Crippen molar-refractivity contribution < 1.29 is 9.32 Å². The number of aryl methyl sites for hydroxylation is 1. The Morgan fingerprint density at radius 1 is 1.28 bits per heavy atom. The van der Waals surface area contributed by atoms with Gasteiger partial charge in [-0.15, -0.1) is 0 Å². The number of nitrogens with zero attached hydrogens (tertiary/aromatic N) is 3. The van der Waals surface area contributed by atoms with Crippen molar-refractivity contribution in [2.45, 2.75) is 64.5 Å². The molecule has 3 rings (SSSR count). The van der Waals surface area contributed by atoms with Gasteiger partial charge in [0.15, 0.2) is 0 Å². The molecule has 1 N–H and O–H groups in total. The minimum absolute atomic E-state index is 0.0395. The van der Waals surface area contributed by atoms with Gasteiger partial charge in [-0.3, -0.25) is 15.0 Å². The molecule has 1 aliphatic heterocycles. The van der Waals surface area contributed by atoms with Gasteiger partial charge in [0.05, 0.1) is 12.2 Å². The fourth-order valence-corrected chi connectivity index (χ4v) is 4.25. The molecule has 1 aliphatic carbocycles. The van der Waals surface area contributed by atoms with Crippen molar-refractivity contribution in [3.8, 4) is 0 Å². The maximum Gasteiger partial charge on any atom is 0.240 e. The van der Waals surface area contributed by atoms with Crippen molar-refractivity contribution in [1.82, 2.24) is 15.0 Å². The molecule has 6 heteroatoms. The second-order valence-electron chi connectivity index (χ2n) is 7.98. The van der Waals surface area contributed by atoms with Crippen LogP contribution in [0.1, 0.15) is 51.1 Å². The van der Waals surface area contributed by atoms with Crippen LogP contribution in [0, 0.1) is 12.8 Å². The van der Waals surface area contributed by atoms with E-state index in [-0.39, 0.29) is 5.91 Å². The Balaban J connectivity index is 1.40. The van der Waals surface area contributed by atoms with E-state index >= 15 is 0 Å². The van der Waals surface area contributed by atoms with Crippen molar-refractivity contribution in [2.24, 2.45) is 5.92 Å². The summed E-state index contributed by atoms with van der Waals surface area (Å²) < 4.78 is 5.04. The van der Waals surface area contributed by atoms with E-state index in [1.54, 1.807) is 6.07 Å². The smallest absolute Gasteiger partial charge is 0.240 e. The van der Waals surface area contributed by atoms with Crippen LogP contribution in [-0.4, -0.2) is 59.6 Å². The van der Waals surface area contributed by atoms with E-state index in [2.05, 4.69) is 27.2 Å². The molecule has 0 aromatic carbocycles. The molecule has 2 aliphatic rings. The molecule has 25 heavy (non-hydrogen) atoms. The topological polar surface area (TPSA) is 61.6 Å². The summed E-state index contributed by atoms with van der Waals surface area (Å²) in [6.07, 6.45) is 7.79. The summed E-state index contributed by atoms with van der Waals surface area (Å²) >= 11 is 0. The predicted octanol–water partition coefficient (Wildman–Crippen LogP) is 2.90. The van der Waals surface area contributed by atoms with Crippen LogP contribution in [0.3, 0.4) is 0 Å². The van der Waals surface area contributed by atoms with Crippen LogP contribution in [0.2, 0.25) is 0 Å². The van der Waals surface area contributed by atoms with Crippen LogP contribution in [0.15, 0.2) is 10.6 Å². The van der Waals surface area contributed by atoms with Gasteiger partial charge in [-0.2, -0.15) is 0 Å². The average Bonchev–Trinajstić information content (AvgIpc) is 3.00. The van der Waals surface area contributed by atoms with Crippen LogP contribution in [-0.2, 0) is 4.79 Å². The van der Waals surface area contributed by atoms with Gasteiger partial charge >= 0.3 is 0 Å². The zero-order valence-electron chi connectivity index (χ0n) is 15.8. The van der Waals surface area contributed by atoms with Crippen LogP contribution in [0.5, 0.6) is 0 Å². The van der Waals surface area contributed by atoms with Crippen molar-refractivity contribution in [2.75, 3.05) is 32.0 Å². The zero-order valence-corrected chi connectivity index (χ0v) is 15.8. The third kappa shape index (κ3) is 5.05. The molecule has 0 radical (unpaired) electrons. The Bertz CT molecular complexity index is 558. The molecule has 1 saturated heterocycles. The highest BCUT2D eigenvalue weighted by atomic mass is 16.5. The number of likely N-dealkylation sites (N-methyl/N-ethyl adjacent to an activating group) is 1. The minimum Gasteiger partial charge on any atom is -0.338 e. The van der Waals surface area contributed by atoms with E-state index in [9.17, 15) is 4.79 Å². The van der Waals surface area contributed by atoms with Gasteiger partial charge in [0.2, 0.25) is 11.8 Å². The molecule has 1 aromatic heterocycles. The van der Waals surface area contributed by atoms with Crippen LogP contribution < -0.4 is 5.32 Å². The molecular weight excluding hydrogens is 316 g/mol. The van der Waals surface area contributed by atoms with E-state index in [1.165, 1.54) is 25.7 Å². The number of carbonyl (C=O) groups is 1. The minimum atomic E-state index is -0.0395. The first-order valence-electron chi connectivity index (χ1n) is 9.68. The number of amides is 1. The van der Waals surface area contributed by atoms with Crippen molar-refractivity contribution in [3.05, 3.63) is 11.8 Å². The molecule has 6 nitrogen and oxygen atoms in total. The molecule has 1 amide bonds. The molecule has 140 valence electrons. The van der Waals surface area contributed by atoms with E-state index in [1.807, 2.05) is 14.0 Å². The number of anilines is 1. The maximum atomic E-state index is 12.2. The lowest BCUT2D eigenvalue weighted by atomic mass is 9.85. The first kappa shape index (κ1) is 18.4. The summed E-state index contributed by atoms with van der Waals surface area (Å²) in [6, 6.07) is 3.02. The number of rotatable bonds is 5. The Hall–Kier alpha value is -1.40. The summed E-state index contributed by atoms with van der Waals surface area (Å²) in [5.41, 5.74) is 0.771. The second kappa shape index (κ2) is 8.32. The lowest BCUT2D eigenvalue weighted by molar-refractivity contribution is -0.117. The van der Waals surface area contributed by atoms with E-state index in [4.69, 9.17) is 4.52 Å². The van der Waals surface area contributed by atoms with Gasteiger partial charge in [-0.25, -0.2) is 0 Å². The van der Waals surface area contributed by atoms with Crippen LogP contribution in [0.4, 0.5) is 5.88 Å². The normalized spacial score (nSPS) is 26.1. The Labute approximate surface area is 150 Å². The highest BCUT2D eigenvalue weighted by Gasteiger charge is 2.29. The summed E-state index contributed by atoms with van der Waals surface area (Å²) in [7, 11) is 2.05. The largest absolute Gasteiger partial charge is 0.338 e. The van der Waals surface area contributed by atoms with Crippen molar-refractivity contribution in [3.63, 3.8) is 0 Å². The van der Waals surface area contributed by atoms with Gasteiger partial charge in [-0.1, -0.05) is 12.1 Å². The van der Waals surface area contributed by atoms with E-state index in [0.29, 0.717) is 18.5 Å². The SMILES string of the molecule is Cc1cc(NC(=O)CN(C)C2CCN(C3CCC(C)CC3)CC2)on1. The number of carbonyl (C=O) groups excluding carboxylic acids is 1. The number of likely N-dealkylation sites (tertiary alicyclic amines) is 1. The molecule has 2 heterocycles. The highest BCUT2D eigenvalue weighted by Crippen LogP contribution is 2.29. The van der Waals surface area contributed by atoms with Crippen LogP contribution in [0.25, 0.3) is 0 Å². The summed E-state index contributed by atoms with van der Waals surface area (Å²) in [6.45, 7) is 6.94. The van der Waals surface area contributed by atoms with E-state index < -0.39 is 0 Å². The molecule has 0 unspecified atom stereocenters. The summed E-state index contributed by atoms with van der Waals surface area (Å²) in [5, 5.41) is 6.56. The Morgan fingerprint density at radius 3 is 2.56 bits per heavy atom. The van der Waals surface area contributed by atoms with E-state index in [0.717, 1.165) is 43.6 Å². The fourth-order valence-electron chi connectivity index (χ4n) is 4.25. The number of hydrogen-bond acceptors (Lipinski definition) is 5. The van der Waals surface area contributed by atoms with Crippen molar-refractivity contribution in [1.29, 1.82) is 0 Å². The maximum absolute atomic E-state index is 12.2. The molecule has 0 spiro atoms. The van der Waals surface area contributed by atoms with Gasteiger partial charge in [-0.05, 0) is 71.5 Å². The molecule has 0 bridgehead atoms. The van der Waals surface area contributed by atoms with Gasteiger partial charge in [0.1, 0.15) is 0 Å². The lowest BCUT2D eigenvalue weighted by Gasteiger charge is -2.42. The zero-order chi connectivity index (χ0) is 17.8. The molecular formula is C19H32N4O2. The first-order valence-corrected chi connectivity index (χ1v) is 9.68. The summed E-state index contributed by atoms with van der Waals surface area (Å²) in [5.74, 6) is 1.30. The van der Waals surface area contributed by atoms with Gasteiger partial charge in [0, 0.05) is 18.2 Å². The lowest BCUT2D eigenvalue weighted by Crippen LogP contribution is -2.49. The molecule has 1 saturated carbocycles. The average molecular weight is 348 g/mol. The standard InChI is InChI=1S/C19H32N4O2/c1-14-4-6-17(7-5-14)23-10-8-16(9-11-23)22(3)13-18(24)20-19-12-15(2)21-25-19/h12,14,16-17H,4-11,13H2,1-3H3,(H,20,24). The quantitative estimate of drug-likeness (QED) is 0.886. The predicted molar refractivity (Wildman–Crippen MR) is 98.5 cm³/mol. The van der Waals surface area contributed by atoms with Gasteiger partial charge < -0.3 is 9.42 Å². The van der Waals surface area contributed by atoms with Crippen LogP contribution >= 0.6 is 0 Å². The second-order valence-corrected chi connectivity index (χ2v) is 7.98. The Morgan fingerprint density at radius 2 is 1.96 bits per heavy atom. The third-order valence-electron chi connectivity index (χ3n) is 5.91. The number of hydrogen-bond donors (Lipinski definition) is 1. The Kier molecular flexibility index (Phi) is 6.12. The van der Waals surface area contributed by atoms with Crippen molar-refractivity contribution >= 4 is 11.8 Å². The monoisotopic (exact) mass is 348 g/mol. The summed E-state index contributed by atoms with van der Waals surface area (Å²) in [4.78, 5) is 17.0. The molecule has 2 fully saturated rings. The van der Waals surface area contributed by atoms with Gasteiger partial charge in [0.25, 0.3) is 0 Å². The third-order valence-corrected chi connectivity index (χ3v) is 5.91. The molecule has 0 atom stereocenters. The number of nitrogens with one attached hydrogen (secondary N) is 1.